The number of hydrogen-bond acceptors (Lipinski definition) is 6. The summed E-state index contributed by atoms with van der Waals surface area (Å²) in [7, 11) is 0. The topological polar surface area (TPSA) is 50.7 Å². The predicted molar refractivity (Wildman–Crippen MR) is 151 cm³/mol. The van der Waals surface area contributed by atoms with E-state index in [-0.39, 0.29) is 10.8 Å². The van der Waals surface area contributed by atoms with E-state index in [0.29, 0.717) is 11.8 Å². The van der Waals surface area contributed by atoms with Gasteiger partial charge in [0.15, 0.2) is 11.5 Å². The van der Waals surface area contributed by atoms with Gasteiger partial charge >= 0.3 is 0 Å². The summed E-state index contributed by atoms with van der Waals surface area (Å²) < 4.78 is 13.2. The van der Waals surface area contributed by atoms with E-state index in [2.05, 4.69) is 85.6 Å². The third kappa shape index (κ3) is 4.06. The van der Waals surface area contributed by atoms with Gasteiger partial charge in [0.1, 0.15) is 0 Å². The fourth-order valence-corrected chi connectivity index (χ4v) is 4.77. The summed E-state index contributed by atoms with van der Waals surface area (Å²) in [4.78, 5) is 13.0. The predicted octanol–water partition coefficient (Wildman–Crippen LogP) is 7.96. The highest BCUT2D eigenvalue weighted by Gasteiger charge is 2.40. The number of aromatic nitrogens is 2. The maximum atomic E-state index is 6.60. The quantitative estimate of drug-likeness (QED) is 0.276. The highest BCUT2D eigenvalue weighted by Crippen LogP contribution is 2.51. The van der Waals surface area contributed by atoms with E-state index in [1.54, 1.807) is 12.4 Å². The molecule has 6 rings (SSSR count). The van der Waals surface area contributed by atoms with Gasteiger partial charge in [0, 0.05) is 12.4 Å². The number of rotatable bonds is 2. The Bertz CT molecular complexity index is 1420. The molecule has 0 fully saturated rings. The standard InChI is InChI=1S/C32H32N4O2/c1-31(2,3)21-11-13-27-25(17-21)35(23-9-7-15-33-19-23)29(37-27)30-36(24-10-8-16-34-20-24)26-18-22(32(4,5)6)12-14-28(26)38-30/h7-20H,1-6H3/b30-29+. The molecule has 0 saturated carbocycles. The van der Waals surface area contributed by atoms with Crippen molar-refractivity contribution in [3.05, 3.63) is 108 Å². The monoisotopic (exact) mass is 504 g/mol. The number of pyridine rings is 2. The Hall–Kier alpha value is -4.32. The van der Waals surface area contributed by atoms with Crippen molar-refractivity contribution < 1.29 is 9.47 Å². The third-order valence-corrected chi connectivity index (χ3v) is 6.94. The molecule has 0 bridgehead atoms. The van der Waals surface area contributed by atoms with Crippen LogP contribution in [0, 0.1) is 0 Å². The zero-order chi connectivity index (χ0) is 26.7. The molecule has 6 heteroatoms. The molecule has 0 radical (unpaired) electrons. The molecule has 2 aliphatic rings. The number of nitrogens with zero attached hydrogens (tertiary/aromatic N) is 4. The summed E-state index contributed by atoms with van der Waals surface area (Å²) in [5, 5.41) is 0. The Balaban J connectivity index is 1.58. The van der Waals surface area contributed by atoms with E-state index in [1.807, 2.05) is 48.8 Å². The average molecular weight is 505 g/mol. The fraction of sp³-hybridized carbons (Fsp3) is 0.250. The Labute approximate surface area is 224 Å². The molecule has 0 amide bonds. The Morgan fingerprint density at radius 1 is 0.579 bits per heavy atom. The first-order valence-electron chi connectivity index (χ1n) is 12.9. The third-order valence-electron chi connectivity index (χ3n) is 6.94. The Kier molecular flexibility index (Phi) is 5.45. The lowest BCUT2D eigenvalue weighted by Gasteiger charge is -2.25. The molecular weight excluding hydrogens is 472 g/mol. The lowest BCUT2D eigenvalue weighted by Crippen LogP contribution is -2.25. The molecule has 2 aromatic heterocycles. The van der Waals surface area contributed by atoms with Crippen molar-refractivity contribution in [3.63, 3.8) is 0 Å². The average Bonchev–Trinajstić information content (AvgIpc) is 3.46. The zero-order valence-electron chi connectivity index (χ0n) is 22.7. The lowest BCUT2D eigenvalue weighted by molar-refractivity contribution is 0.367. The van der Waals surface area contributed by atoms with Crippen LogP contribution in [0.2, 0.25) is 0 Å². The van der Waals surface area contributed by atoms with Crippen molar-refractivity contribution in [3.8, 4) is 11.5 Å². The first kappa shape index (κ1) is 24.0. The maximum Gasteiger partial charge on any atom is 0.268 e. The van der Waals surface area contributed by atoms with E-state index in [0.717, 1.165) is 34.2 Å². The van der Waals surface area contributed by atoms with Crippen molar-refractivity contribution >= 4 is 22.7 Å². The van der Waals surface area contributed by atoms with E-state index < -0.39 is 0 Å². The zero-order valence-corrected chi connectivity index (χ0v) is 22.7. The summed E-state index contributed by atoms with van der Waals surface area (Å²) in [5.74, 6) is 2.70. The molecule has 0 aliphatic carbocycles. The van der Waals surface area contributed by atoms with Crippen molar-refractivity contribution in [2.45, 2.75) is 52.4 Å². The number of benzene rings is 2. The molecular formula is C32H32N4O2. The van der Waals surface area contributed by atoms with Gasteiger partial charge in [-0.2, -0.15) is 0 Å². The van der Waals surface area contributed by atoms with Crippen LogP contribution >= 0.6 is 0 Å². The number of hydrogen-bond donors (Lipinski definition) is 0. The van der Waals surface area contributed by atoms with Crippen LogP contribution in [0.4, 0.5) is 22.7 Å². The molecule has 2 aliphatic heterocycles. The van der Waals surface area contributed by atoms with Crippen LogP contribution in [0.25, 0.3) is 0 Å². The smallest absolute Gasteiger partial charge is 0.268 e. The first-order valence-corrected chi connectivity index (χ1v) is 12.9. The van der Waals surface area contributed by atoms with Gasteiger partial charge in [0.25, 0.3) is 11.8 Å². The van der Waals surface area contributed by atoms with Gasteiger partial charge in [-0.3, -0.25) is 19.8 Å². The first-order chi connectivity index (χ1) is 18.1. The normalized spacial score (nSPS) is 16.7. The van der Waals surface area contributed by atoms with Gasteiger partial charge in [0.2, 0.25) is 0 Å². The summed E-state index contributed by atoms with van der Waals surface area (Å²) in [6.45, 7) is 13.3. The molecule has 0 unspecified atom stereocenters. The van der Waals surface area contributed by atoms with E-state index in [4.69, 9.17) is 9.47 Å². The number of ether oxygens (including phenoxy) is 2. The summed E-state index contributed by atoms with van der Waals surface area (Å²) in [5.41, 5.74) is 6.09. The summed E-state index contributed by atoms with van der Waals surface area (Å²) in [6, 6.07) is 20.7. The van der Waals surface area contributed by atoms with Crippen molar-refractivity contribution in [1.82, 2.24) is 9.97 Å². The second-order valence-electron chi connectivity index (χ2n) is 11.8. The van der Waals surface area contributed by atoms with Gasteiger partial charge < -0.3 is 9.47 Å². The van der Waals surface area contributed by atoms with E-state index in [1.165, 1.54) is 11.1 Å². The van der Waals surface area contributed by atoms with Crippen molar-refractivity contribution in [2.75, 3.05) is 9.80 Å². The van der Waals surface area contributed by atoms with Gasteiger partial charge in [-0.05, 0) is 70.5 Å². The van der Waals surface area contributed by atoms with Crippen LogP contribution in [0.1, 0.15) is 52.7 Å². The van der Waals surface area contributed by atoms with Crippen LogP contribution in [0.3, 0.4) is 0 Å². The summed E-state index contributed by atoms with van der Waals surface area (Å²) in [6.07, 6.45) is 7.24. The van der Waals surface area contributed by atoms with E-state index in [9.17, 15) is 0 Å². The van der Waals surface area contributed by atoms with Crippen molar-refractivity contribution in [2.24, 2.45) is 0 Å². The second-order valence-corrected chi connectivity index (χ2v) is 11.8. The SMILES string of the molecule is CC(C)(C)c1ccc2c(c1)N(c1cccnc1)/C(=C1\Oc3ccc(C(C)(C)C)cc3N1c1cccnc1)O2. The van der Waals surface area contributed by atoms with Gasteiger partial charge in [-0.1, -0.05) is 53.7 Å². The Morgan fingerprint density at radius 2 is 1.00 bits per heavy atom. The van der Waals surface area contributed by atoms with Crippen LogP contribution in [0.5, 0.6) is 11.5 Å². The maximum absolute atomic E-state index is 6.60. The van der Waals surface area contributed by atoms with Gasteiger partial charge in [-0.15, -0.1) is 0 Å². The minimum absolute atomic E-state index is 0.0171. The largest absolute Gasteiger partial charge is 0.433 e. The fourth-order valence-electron chi connectivity index (χ4n) is 4.77. The molecule has 0 atom stereocenters. The highest BCUT2D eigenvalue weighted by molar-refractivity contribution is 5.82. The minimum Gasteiger partial charge on any atom is -0.433 e. The second kappa shape index (κ2) is 8.62. The number of anilines is 4. The van der Waals surface area contributed by atoms with Crippen LogP contribution < -0.4 is 19.3 Å². The van der Waals surface area contributed by atoms with Crippen molar-refractivity contribution in [1.29, 1.82) is 0 Å². The molecule has 4 aromatic rings. The molecule has 192 valence electrons. The molecule has 6 nitrogen and oxygen atoms in total. The van der Waals surface area contributed by atoms with E-state index >= 15 is 0 Å². The number of fused-ring (bicyclic) bond motifs is 2. The van der Waals surface area contributed by atoms with Gasteiger partial charge in [-0.25, -0.2) is 0 Å². The molecule has 38 heavy (non-hydrogen) atoms. The molecule has 0 saturated heterocycles. The van der Waals surface area contributed by atoms with Crippen LogP contribution in [-0.4, -0.2) is 9.97 Å². The highest BCUT2D eigenvalue weighted by atomic mass is 16.6. The molecule has 4 heterocycles. The minimum atomic E-state index is -0.0171. The summed E-state index contributed by atoms with van der Waals surface area (Å²) >= 11 is 0. The van der Waals surface area contributed by atoms with Gasteiger partial charge in [0.05, 0.1) is 35.1 Å². The van der Waals surface area contributed by atoms with Crippen LogP contribution in [0.15, 0.2) is 97.2 Å². The molecule has 2 aromatic carbocycles. The Morgan fingerprint density at radius 3 is 1.34 bits per heavy atom. The molecule has 0 spiro atoms. The lowest BCUT2D eigenvalue weighted by atomic mass is 9.86. The molecule has 0 N–H and O–H groups in total. The van der Waals surface area contributed by atoms with Crippen LogP contribution in [-0.2, 0) is 10.8 Å².